The van der Waals surface area contributed by atoms with Gasteiger partial charge < -0.3 is 29.3 Å². The fourth-order valence-electron chi connectivity index (χ4n) is 5.63. The van der Waals surface area contributed by atoms with Gasteiger partial charge in [0.1, 0.15) is 11.1 Å². The maximum absolute atomic E-state index is 12.9. The van der Waals surface area contributed by atoms with E-state index in [0.29, 0.717) is 19.0 Å². The van der Waals surface area contributed by atoms with E-state index in [1.54, 1.807) is 4.90 Å². The number of hydrogen-bond donors (Lipinski definition) is 1. The molecular weight excluding hydrogens is 456 g/mol. The van der Waals surface area contributed by atoms with Gasteiger partial charge in [-0.25, -0.2) is 14.8 Å². The molecule has 0 saturated carbocycles. The lowest BCUT2D eigenvalue weighted by atomic mass is 9.94. The van der Waals surface area contributed by atoms with Gasteiger partial charge in [0.15, 0.2) is 5.82 Å². The number of imidazole rings is 1. The molecule has 0 radical (unpaired) electrons. The van der Waals surface area contributed by atoms with Gasteiger partial charge in [0.2, 0.25) is 0 Å². The Balaban J connectivity index is 1.47. The number of anilines is 1. The quantitative estimate of drug-likeness (QED) is 0.692. The summed E-state index contributed by atoms with van der Waals surface area (Å²) in [5, 5.41) is 13.0. The van der Waals surface area contributed by atoms with Gasteiger partial charge in [-0.2, -0.15) is 5.26 Å². The van der Waals surface area contributed by atoms with Gasteiger partial charge in [0.05, 0.1) is 30.0 Å². The summed E-state index contributed by atoms with van der Waals surface area (Å²) in [5.74, 6) is 0.976. The summed E-state index contributed by atoms with van der Waals surface area (Å²) < 4.78 is 7.96. The van der Waals surface area contributed by atoms with Gasteiger partial charge >= 0.3 is 6.09 Å². The lowest BCUT2D eigenvalue weighted by Gasteiger charge is -2.44. The third kappa shape index (κ3) is 4.62. The van der Waals surface area contributed by atoms with Crippen LogP contribution in [0.1, 0.15) is 57.3 Å². The molecule has 5 rings (SSSR count). The minimum Gasteiger partial charge on any atom is -0.444 e. The highest BCUT2D eigenvalue weighted by molar-refractivity contribution is 5.90. The number of likely N-dealkylation sites (N-methyl/N-ethyl adjacent to an activating group) is 1. The van der Waals surface area contributed by atoms with E-state index in [1.165, 1.54) is 11.1 Å². The molecule has 10 nitrogen and oxygen atoms in total. The zero-order valence-electron chi connectivity index (χ0n) is 22.1. The van der Waals surface area contributed by atoms with Crippen molar-refractivity contribution in [2.24, 2.45) is 0 Å². The Labute approximate surface area is 213 Å². The van der Waals surface area contributed by atoms with Crippen molar-refractivity contribution >= 4 is 22.9 Å². The molecule has 1 N–H and O–H groups in total. The molecule has 2 atom stereocenters. The predicted molar refractivity (Wildman–Crippen MR) is 138 cm³/mol. The smallest absolute Gasteiger partial charge is 0.410 e. The summed E-state index contributed by atoms with van der Waals surface area (Å²) in [7, 11) is 4.25. The number of carbonyl (C=O) groups excluding carboxylic acids is 1. The van der Waals surface area contributed by atoms with Crippen LogP contribution in [0.15, 0.2) is 6.33 Å². The van der Waals surface area contributed by atoms with Crippen molar-refractivity contribution in [2.75, 3.05) is 45.2 Å². The predicted octanol–water partition coefficient (Wildman–Crippen LogP) is 2.68. The fourth-order valence-corrected chi connectivity index (χ4v) is 5.63. The van der Waals surface area contributed by atoms with Gasteiger partial charge in [-0.1, -0.05) is 0 Å². The summed E-state index contributed by atoms with van der Waals surface area (Å²) in [4.78, 5) is 29.2. The van der Waals surface area contributed by atoms with E-state index >= 15 is 0 Å². The summed E-state index contributed by atoms with van der Waals surface area (Å²) in [6, 6.07) is 2.79. The maximum atomic E-state index is 12.9. The Morgan fingerprint density at radius 2 is 2.11 bits per heavy atom. The summed E-state index contributed by atoms with van der Waals surface area (Å²) in [6.07, 6.45) is 4.33. The second-order valence-corrected chi connectivity index (χ2v) is 11.5. The van der Waals surface area contributed by atoms with Crippen LogP contribution in [-0.4, -0.2) is 88.4 Å². The molecule has 0 unspecified atom stereocenters. The number of ether oxygens (including phenoxy) is 1. The number of hydrogen-bond acceptors (Lipinski definition) is 8. The average molecular weight is 495 g/mol. The van der Waals surface area contributed by atoms with Crippen LogP contribution in [0.4, 0.5) is 10.6 Å². The lowest BCUT2D eigenvalue weighted by Crippen LogP contribution is -2.57. The van der Waals surface area contributed by atoms with Crippen molar-refractivity contribution in [3.05, 3.63) is 17.6 Å². The van der Waals surface area contributed by atoms with Gasteiger partial charge in [-0.3, -0.25) is 0 Å². The third-order valence-corrected chi connectivity index (χ3v) is 7.65. The van der Waals surface area contributed by atoms with Gasteiger partial charge in [-0.15, -0.1) is 0 Å². The van der Waals surface area contributed by atoms with Gasteiger partial charge in [0, 0.05) is 49.9 Å². The number of nitrogens with one attached hydrogen (secondary N) is 1. The molecule has 0 aromatic carbocycles. The van der Waals surface area contributed by atoms with E-state index in [2.05, 4.69) is 39.8 Å². The molecule has 2 saturated heterocycles. The first-order chi connectivity index (χ1) is 17.2. The van der Waals surface area contributed by atoms with Crippen molar-refractivity contribution in [3.8, 4) is 6.07 Å². The number of rotatable bonds is 4. The Morgan fingerprint density at radius 1 is 1.33 bits per heavy atom. The van der Waals surface area contributed by atoms with E-state index in [9.17, 15) is 10.1 Å². The van der Waals surface area contributed by atoms with Crippen LogP contribution in [0, 0.1) is 11.3 Å². The molecule has 10 heteroatoms. The Morgan fingerprint density at radius 3 is 2.81 bits per heavy atom. The van der Waals surface area contributed by atoms with Crippen LogP contribution in [0.5, 0.6) is 0 Å². The molecule has 0 spiro atoms. The standard InChI is InChI=1S/C26H38N8O2/c1-26(2,3)36-25(35)33-11-8-18(12-17(33)6-9-27)34-16-29-22-23(34)20-7-10-28-13-21(20)30-24(22)32-14-19(15-32)31(4)5/h16-19,28H,6-8,10-15H2,1-5H3/t17-,18+/m1/s1. The summed E-state index contributed by atoms with van der Waals surface area (Å²) >= 11 is 0. The number of aromatic nitrogens is 3. The maximum Gasteiger partial charge on any atom is 0.410 e. The molecule has 0 aliphatic carbocycles. The molecule has 0 bridgehead atoms. The first kappa shape index (κ1) is 24.8. The highest BCUT2D eigenvalue weighted by atomic mass is 16.6. The van der Waals surface area contributed by atoms with Crippen LogP contribution in [0.3, 0.4) is 0 Å². The van der Waals surface area contributed by atoms with Gasteiger partial charge in [-0.05, 0) is 60.7 Å². The molecule has 3 aliphatic heterocycles. The van der Waals surface area contributed by atoms with E-state index in [0.717, 1.165) is 56.0 Å². The molecule has 5 heterocycles. The topological polar surface area (TPSA) is 103 Å². The van der Waals surface area contributed by atoms with Crippen molar-refractivity contribution in [2.45, 2.75) is 76.7 Å². The van der Waals surface area contributed by atoms with Crippen molar-refractivity contribution in [1.29, 1.82) is 5.26 Å². The number of nitrogens with zero attached hydrogens (tertiary/aromatic N) is 7. The zero-order valence-corrected chi connectivity index (χ0v) is 22.1. The van der Waals surface area contributed by atoms with E-state index in [4.69, 9.17) is 14.7 Å². The summed E-state index contributed by atoms with van der Waals surface area (Å²) in [6.45, 7) is 9.77. The van der Waals surface area contributed by atoms with Crippen molar-refractivity contribution in [3.63, 3.8) is 0 Å². The molecule has 3 aliphatic rings. The number of nitriles is 1. The second-order valence-electron chi connectivity index (χ2n) is 11.5. The first-order valence-corrected chi connectivity index (χ1v) is 13.0. The van der Waals surface area contributed by atoms with E-state index in [-0.39, 0.29) is 24.6 Å². The Bertz CT molecular complexity index is 1170. The first-order valence-electron chi connectivity index (χ1n) is 13.0. The number of piperidine rings is 1. The molecular formula is C26H38N8O2. The highest BCUT2D eigenvalue weighted by Gasteiger charge is 2.37. The monoisotopic (exact) mass is 494 g/mol. The van der Waals surface area contributed by atoms with Crippen LogP contribution in [-0.2, 0) is 17.7 Å². The molecule has 36 heavy (non-hydrogen) atoms. The molecule has 2 aromatic heterocycles. The van der Waals surface area contributed by atoms with Gasteiger partial charge in [0.25, 0.3) is 0 Å². The number of fused-ring (bicyclic) bond motifs is 3. The second kappa shape index (κ2) is 9.52. The van der Waals surface area contributed by atoms with Crippen LogP contribution in [0.25, 0.3) is 11.0 Å². The molecule has 1 amide bonds. The van der Waals surface area contributed by atoms with Crippen LogP contribution >= 0.6 is 0 Å². The minimum absolute atomic E-state index is 0.159. The number of pyridine rings is 1. The lowest BCUT2D eigenvalue weighted by molar-refractivity contribution is 0.00617. The van der Waals surface area contributed by atoms with Crippen LogP contribution in [0.2, 0.25) is 0 Å². The van der Waals surface area contributed by atoms with Crippen molar-refractivity contribution in [1.82, 2.24) is 29.7 Å². The SMILES string of the molecule is CN(C)C1CN(c2nc3c(c4c2ncn4[C@H]2CCN(C(=O)OC(C)(C)C)[C@H](CC#N)C2)CCNC3)C1. The fraction of sp³-hybridized carbons (Fsp3) is 0.692. The average Bonchev–Trinajstić information content (AvgIpc) is 3.22. The number of likely N-dealkylation sites (tertiary alicyclic amines) is 1. The van der Waals surface area contributed by atoms with Crippen LogP contribution < -0.4 is 10.2 Å². The third-order valence-electron chi connectivity index (χ3n) is 7.65. The minimum atomic E-state index is -0.565. The zero-order chi connectivity index (χ0) is 25.6. The Hall–Kier alpha value is -2.90. The molecule has 2 fully saturated rings. The largest absolute Gasteiger partial charge is 0.444 e. The van der Waals surface area contributed by atoms with E-state index < -0.39 is 5.60 Å². The van der Waals surface area contributed by atoms with E-state index in [1.807, 2.05) is 27.1 Å². The highest BCUT2D eigenvalue weighted by Crippen LogP contribution is 2.38. The van der Waals surface area contributed by atoms with Crippen molar-refractivity contribution < 1.29 is 9.53 Å². The Kier molecular flexibility index (Phi) is 6.55. The normalized spacial score (nSPS) is 22.9. The molecule has 2 aromatic rings. The molecule has 194 valence electrons. The number of carbonyl (C=O) groups is 1. The number of amides is 1. The summed E-state index contributed by atoms with van der Waals surface area (Å²) in [5.41, 5.74) is 3.97.